The van der Waals surface area contributed by atoms with Crippen LogP contribution < -0.4 is 0 Å². The van der Waals surface area contributed by atoms with Gasteiger partial charge in [0, 0.05) is 12.0 Å². The smallest absolute Gasteiger partial charge is 0.412 e. The van der Waals surface area contributed by atoms with Crippen molar-refractivity contribution in [2.45, 2.75) is 64.7 Å². The van der Waals surface area contributed by atoms with Gasteiger partial charge in [0.05, 0.1) is 0 Å². The van der Waals surface area contributed by atoms with Crippen LogP contribution in [0.3, 0.4) is 0 Å². The molecule has 0 aromatic heterocycles. The van der Waals surface area contributed by atoms with Crippen molar-refractivity contribution >= 4 is 6.09 Å². The average Bonchev–Trinajstić information content (AvgIpc) is 2.80. The third-order valence-corrected chi connectivity index (χ3v) is 5.49. The van der Waals surface area contributed by atoms with Gasteiger partial charge in [0.25, 0.3) is 0 Å². The number of hydrogen-bond donors (Lipinski definition) is 1. The number of hydrogen-bond acceptors (Lipinski definition) is 3. The predicted octanol–water partition coefficient (Wildman–Crippen LogP) is 3.97. The lowest BCUT2D eigenvalue weighted by atomic mass is 9.64. The number of carbonyl (C=O) groups is 1. The van der Waals surface area contributed by atoms with Crippen LogP contribution in [-0.4, -0.2) is 34.5 Å². The maximum Gasteiger partial charge on any atom is 0.412 e. The number of amides is 1. The van der Waals surface area contributed by atoms with Gasteiger partial charge < -0.3 is 9.84 Å². The number of likely N-dealkylation sites (tertiary alicyclic amines) is 1. The van der Waals surface area contributed by atoms with E-state index < -0.39 is 17.9 Å². The molecule has 1 saturated carbocycles. The van der Waals surface area contributed by atoms with Crippen LogP contribution in [0.15, 0.2) is 30.3 Å². The van der Waals surface area contributed by atoms with E-state index in [4.69, 9.17) is 4.74 Å². The Morgan fingerprint density at radius 2 is 2.00 bits per heavy atom. The molecule has 24 heavy (non-hydrogen) atoms. The lowest BCUT2D eigenvalue weighted by Crippen LogP contribution is -2.47. The van der Waals surface area contributed by atoms with Crippen molar-refractivity contribution in [1.29, 1.82) is 0 Å². The van der Waals surface area contributed by atoms with Gasteiger partial charge in [-0.2, -0.15) is 0 Å². The van der Waals surface area contributed by atoms with Gasteiger partial charge in [0.2, 0.25) is 0 Å². The Balaban J connectivity index is 1.84. The molecule has 4 nitrogen and oxygen atoms in total. The van der Waals surface area contributed by atoms with E-state index in [-0.39, 0.29) is 5.41 Å². The minimum absolute atomic E-state index is 0.240. The fourth-order valence-corrected chi connectivity index (χ4v) is 4.39. The molecule has 1 N–H and O–H groups in total. The highest BCUT2D eigenvalue weighted by atomic mass is 16.6. The van der Waals surface area contributed by atoms with Gasteiger partial charge in [-0.15, -0.1) is 0 Å². The Bertz CT molecular complexity index is 580. The van der Waals surface area contributed by atoms with Crippen molar-refractivity contribution < 1.29 is 14.6 Å². The molecule has 4 heteroatoms. The van der Waals surface area contributed by atoms with Gasteiger partial charge in [-0.05, 0) is 51.5 Å². The highest BCUT2D eigenvalue weighted by Crippen LogP contribution is 2.52. The van der Waals surface area contributed by atoms with E-state index in [1.54, 1.807) is 4.90 Å². The summed E-state index contributed by atoms with van der Waals surface area (Å²) in [5.74, 6) is 0.342. The first kappa shape index (κ1) is 17.3. The van der Waals surface area contributed by atoms with Crippen LogP contribution in [0.5, 0.6) is 0 Å². The Morgan fingerprint density at radius 3 is 2.67 bits per heavy atom. The van der Waals surface area contributed by atoms with Gasteiger partial charge in [-0.25, -0.2) is 4.79 Å². The second-order valence-corrected chi connectivity index (χ2v) is 8.34. The number of aliphatic hydroxyl groups excluding tert-OH is 1. The van der Waals surface area contributed by atoms with Crippen LogP contribution in [0, 0.1) is 11.3 Å². The van der Waals surface area contributed by atoms with Gasteiger partial charge in [-0.3, -0.25) is 4.90 Å². The maximum atomic E-state index is 12.6. The highest BCUT2D eigenvalue weighted by Gasteiger charge is 2.56. The molecule has 1 saturated heterocycles. The molecule has 2 aliphatic rings. The van der Waals surface area contributed by atoms with Crippen LogP contribution in [0.25, 0.3) is 0 Å². The fourth-order valence-electron chi connectivity index (χ4n) is 4.39. The molecule has 1 unspecified atom stereocenters. The van der Waals surface area contributed by atoms with E-state index >= 15 is 0 Å². The van der Waals surface area contributed by atoms with E-state index in [2.05, 4.69) is 12.1 Å². The normalized spacial score (nSPS) is 30.1. The summed E-state index contributed by atoms with van der Waals surface area (Å²) in [5, 5.41) is 11.1. The second kappa shape index (κ2) is 6.40. The summed E-state index contributed by atoms with van der Waals surface area (Å²) in [6, 6.07) is 10.3. The monoisotopic (exact) mass is 331 g/mol. The largest absolute Gasteiger partial charge is 0.444 e. The topological polar surface area (TPSA) is 49.8 Å². The SMILES string of the molecule is CC(C)(C)OC(=O)N1C[C@H]2CCCC[C@@]2(Cc2ccccc2)C1O. The van der Waals surface area contributed by atoms with E-state index in [0.717, 1.165) is 25.7 Å². The molecule has 3 atom stereocenters. The van der Waals surface area contributed by atoms with E-state index in [1.165, 1.54) is 12.0 Å². The van der Waals surface area contributed by atoms with Crippen LogP contribution in [0.4, 0.5) is 4.79 Å². The number of ether oxygens (including phenoxy) is 1. The van der Waals surface area contributed by atoms with Crippen molar-refractivity contribution in [3.8, 4) is 0 Å². The van der Waals surface area contributed by atoms with E-state index in [1.807, 2.05) is 39.0 Å². The first-order chi connectivity index (χ1) is 11.3. The molecule has 1 aromatic carbocycles. The summed E-state index contributed by atoms with van der Waals surface area (Å²) >= 11 is 0. The molecular formula is C20H29NO3. The molecular weight excluding hydrogens is 302 g/mol. The lowest BCUT2D eigenvalue weighted by molar-refractivity contribution is -0.0676. The molecule has 1 amide bonds. The van der Waals surface area contributed by atoms with Gasteiger partial charge in [-0.1, -0.05) is 43.2 Å². The van der Waals surface area contributed by atoms with Crippen molar-refractivity contribution in [2.75, 3.05) is 6.54 Å². The summed E-state index contributed by atoms with van der Waals surface area (Å²) in [5.41, 5.74) is 0.447. The number of nitrogens with zero attached hydrogens (tertiary/aromatic N) is 1. The minimum atomic E-state index is -0.766. The van der Waals surface area contributed by atoms with Crippen LogP contribution in [0.2, 0.25) is 0 Å². The summed E-state index contributed by atoms with van der Waals surface area (Å²) in [6.45, 7) is 6.18. The predicted molar refractivity (Wildman–Crippen MR) is 93.5 cm³/mol. The molecule has 3 rings (SSSR count). The first-order valence-electron chi connectivity index (χ1n) is 9.03. The zero-order valence-electron chi connectivity index (χ0n) is 15.0. The number of carbonyl (C=O) groups excluding carboxylic acids is 1. The Kier molecular flexibility index (Phi) is 4.60. The zero-order chi connectivity index (χ0) is 17.4. The second-order valence-electron chi connectivity index (χ2n) is 8.34. The van der Waals surface area contributed by atoms with Crippen LogP contribution in [-0.2, 0) is 11.2 Å². The molecule has 132 valence electrons. The third kappa shape index (κ3) is 3.30. The van der Waals surface area contributed by atoms with Gasteiger partial charge in [0.15, 0.2) is 0 Å². The highest BCUT2D eigenvalue weighted by molar-refractivity contribution is 5.69. The van der Waals surface area contributed by atoms with Crippen LogP contribution >= 0.6 is 0 Å². The Labute approximate surface area is 144 Å². The Morgan fingerprint density at radius 1 is 1.29 bits per heavy atom. The molecule has 1 aromatic rings. The standard InChI is InChI=1S/C20H29NO3/c1-19(2,3)24-18(23)21-14-16-11-7-8-12-20(16,17(21)22)13-15-9-5-4-6-10-15/h4-6,9-10,16-17,22H,7-8,11-14H2,1-3H3/t16-,17?,20+/m1/s1. The van der Waals surface area contributed by atoms with E-state index in [9.17, 15) is 9.90 Å². The van der Waals surface area contributed by atoms with Gasteiger partial charge >= 0.3 is 6.09 Å². The van der Waals surface area contributed by atoms with Crippen molar-refractivity contribution in [3.05, 3.63) is 35.9 Å². The maximum absolute atomic E-state index is 12.6. The number of fused-ring (bicyclic) bond motifs is 1. The molecule has 2 fully saturated rings. The summed E-state index contributed by atoms with van der Waals surface area (Å²) in [7, 11) is 0. The minimum Gasteiger partial charge on any atom is -0.444 e. The first-order valence-corrected chi connectivity index (χ1v) is 9.03. The van der Waals surface area contributed by atoms with Gasteiger partial charge in [0.1, 0.15) is 11.8 Å². The number of aliphatic hydroxyl groups is 1. The quantitative estimate of drug-likeness (QED) is 0.892. The van der Waals surface area contributed by atoms with Crippen molar-refractivity contribution in [3.63, 3.8) is 0 Å². The zero-order valence-corrected chi connectivity index (χ0v) is 15.0. The Hall–Kier alpha value is -1.55. The third-order valence-electron chi connectivity index (χ3n) is 5.49. The summed E-state index contributed by atoms with van der Waals surface area (Å²) < 4.78 is 5.52. The summed E-state index contributed by atoms with van der Waals surface area (Å²) in [4.78, 5) is 14.1. The molecule has 1 aliphatic heterocycles. The molecule has 1 aliphatic carbocycles. The summed E-state index contributed by atoms with van der Waals surface area (Å²) in [6.07, 6.45) is 3.99. The van der Waals surface area contributed by atoms with Crippen LogP contribution in [0.1, 0.15) is 52.0 Å². The van der Waals surface area contributed by atoms with Crippen molar-refractivity contribution in [1.82, 2.24) is 4.90 Å². The molecule has 1 heterocycles. The average molecular weight is 331 g/mol. The van der Waals surface area contributed by atoms with Crippen molar-refractivity contribution in [2.24, 2.45) is 11.3 Å². The number of benzene rings is 1. The molecule has 0 spiro atoms. The fraction of sp³-hybridized carbons (Fsp3) is 0.650. The lowest BCUT2D eigenvalue weighted by Gasteiger charge is -2.41. The molecule has 0 bridgehead atoms. The number of rotatable bonds is 2. The van der Waals surface area contributed by atoms with E-state index in [0.29, 0.717) is 12.5 Å². The molecule has 0 radical (unpaired) electrons.